The quantitative estimate of drug-likeness (QED) is 0.561. The monoisotopic (exact) mass is 374 g/mol. The van der Waals surface area contributed by atoms with E-state index >= 15 is 0 Å². The minimum Gasteiger partial charge on any atom is -0.313 e. The van der Waals surface area contributed by atoms with Crippen molar-refractivity contribution in [2.24, 2.45) is 0 Å². The van der Waals surface area contributed by atoms with Crippen LogP contribution in [0.25, 0.3) is 0 Å². The summed E-state index contributed by atoms with van der Waals surface area (Å²) in [4.78, 5) is 0.294. The molecule has 0 amide bonds. The molecule has 0 aromatic heterocycles. The minimum atomic E-state index is -3.52. The van der Waals surface area contributed by atoms with Gasteiger partial charge in [0.05, 0.1) is 4.90 Å². The largest absolute Gasteiger partial charge is 0.313 e. The summed E-state index contributed by atoms with van der Waals surface area (Å²) in [5.74, 6) is 0. The molecule has 0 saturated heterocycles. The number of benzene rings is 1. The molecule has 1 rings (SSSR count). The molecular formula is C15H23BrN2O2S. The average Bonchev–Trinajstić information content (AvgIpc) is 2.40. The molecule has 0 aliphatic rings. The number of rotatable bonds is 8. The summed E-state index contributed by atoms with van der Waals surface area (Å²) in [6.07, 6.45) is 1.04. The zero-order chi connectivity index (χ0) is 16.0. The maximum absolute atomic E-state index is 12.6. The summed E-state index contributed by atoms with van der Waals surface area (Å²) >= 11 is 3.33. The fourth-order valence-corrected chi connectivity index (χ4v) is 4.10. The maximum atomic E-state index is 12.6. The third kappa shape index (κ3) is 5.21. The molecule has 6 heteroatoms. The Kier molecular flexibility index (Phi) is 7.06. The zero-order valence-corrected chi connectivity index (χ0v) is 15.2. The van der Waals surface area contributed by atoms with Crippen LogP contribution in [0.4, 0.5) is 0 Å². The molecule has 0 fully saturated rings. The number of hydrogen-bond acceptors (Lipinski definition) is 3. The van der Waals surface area contributed by atoms with Crippen molar-refractivity contribution < 1.29 is 8.42 Å². The first-order valence-corrected chi connectivity index (χ1v) is 9.12. The molecule has 0 aliphatic carbocycles. The lowest BCUT2D eigenvalue weighted by atomic mass is 10.2. The van der Waals surface area contributed by atoms with Crippen LogP contribution in [0.2, 0.25) is 0 Å². The molecule has 0 spiro atoms. The Balaban J connectivity index is 3.04. The number of nitrogens with one attached hydrogen (secondary N) is 1. The molecule has 0 atom stereocenters. The van der Waals surface area contributed by atoms with Gasteiger partial charge in [-0.25, -0.2) is 8.42 Å². The first-order chi connectivity index (χ1) is 9.78. The Morgan fingerprint density at radius 1 is 1.43 bits per heavy atom. The molecule has 0 unspecified atom stereocenters. The van der Waals surface area contributed by atoms with E-state index in [0.717, 1.165) is 24.1 Å². The topological polar surface area (TPSA) is 49.4 Å². The summed E-state index contributed by atoms with van der Waals surface area (Å²) < 4.78 is 27.1. The summed E-state index contributed by atoms with van der Waals surface area (Å²) in [5, 5.41) is 3.27. The highest BCUT2D eigenvalue weighted by molar-refractivity contribution is 9.10. The normalized spacial score (nSPS) is 11.9. The van der Waals surface area contributed by atoms with Gasteiger partial charge in [0, 0.05) is 24.6 Å². The third-order valence-electron chi connectivity index (χ3n) is 2.93. The highest BCUT2D eigenvalue weighted by Crippen LogP contribution is 2.26. The minimum absolute atomic E-state index is 0.294. The van der Waals surface area contributed by atoms with Gasteiger partial charge in [0.1, 0.15) is 0 Å². The molecule has 0 bridgehead atoms. The van der Waals surface area contributed by atoms with Gasteiger partial charge >= 0.3 is 0 Å². The van der Waals surface area contributed by atoms with Crippen LogP contribution >= 0.6 is 15.9 Å². The van der Waals surface area contributed by atoms with Gasteiger partial charge in [-0.05, 0) is 53.5 Å². The Morgan fingerprint density at radius 3 is 2.67 bits per heavy atom. The van der Waals surface area contributed by atoms with Gasteiger partial charge in [0.25, 0.3) is 0 Å². The number of nitrogens with zero attached hydrogens (tertiary/aromatic N) is 1. The molecular weight excluding hydrogens is 352 g/mol. The van der Waals surface area contributed by atoms with E-state index in [1.54, 1.807) is 19.2 Å². The van der Waals surface area contributed by atoms with Gasteiger partial charge in [-0.3, -0.25) is 0 Å². The number of likely N-dealkylation sites (N-methyl/N-ethyl adjacent to an activating group) is 1. The van der Waals surface area contributed by atoms with Crippen LogP contribution in [0.5, 0.6) is 0 Å². The summed E-state index contributed by atoms with van der Waals surface area (Å²) in [6, 6.07) is 5.42. The number of halogens is 1. The first kappa shape index (κ1) is 18.4. The van der Waals surface area contributed by atoms with Crippen LogP contribution in [-0.4, -0.2) is 32.9 Å². The lowest BCUT2D eigenvalue weighted by Crippen LogP contribution is -2.28. The highest BCUT2D eigenvalue weighted by atomic mass is 79.9. The van der Waals surface area contributed by atoms with Gasteiger partial charge in [-0.15, -0.1) is 0 Å². The predicted octanol–water partition coefficient (Wildman–Crippen LogP) is 3.15. The molecule has 1 aromatic carbocycles. The molecule has 4 nitrogen and oxygen atoms in total. The van der Waals surface area contributed by atoms with Crippen LogP contribution in [0.3, 0.4) is 0 Å². The van der Waals surface area contributed by atoms with E-state index in [-0.39, 0.29) is 0 Å². The van der Waals surface area contributed by atoms with E-state index < -0.39 is 10.0 Å². The van der Waals surface area contributed by atoms with Crippen LogP contribution in [0.1, 0.15) is 25.8 Å². The highest BCUT2D eigenvalue weighted by Gasteiger charge is 2.23. The van der Waals surface area contributed by atoms with E-state index in [0.29, 0.717) is 22.5 Å². The molecule has 0 heterocycles. The summed E-state index contributed by atoms with van der Waals surface area (Å²) in [7, 11) is -1.95. The van der Waals surface area contributed by atoms with Crippen molar-refractivity contribution >= 4 is 26.0 Å². The Hall–Kier alpha value is -0.690. The van der Waals surface area contributed by atoms with Crippen molar-refractivity contribution in [3.05, 3.63) is 40.4 Å². The SMILES string of the molecule is C=C(C)CN(C)S(=O)(=O)c1cc(CNCCC)ccc1Br. The van der Waals surface area contributed by atoms with Crippen molar-refractivity contribution in [1.82, 2.24) is 9.62 Å². The fourth-order valence-electron chi connectivity index (χ4n) is 1.90. The average molecular weight is 375 g/mol. The predicted molar refractivity (Wildman–Crippen MR) is 90.8 cm³/mol. The smallest absolute Gasteiger partial charge is 0.244 e. The van der Waals surface area contributed by atoms with Gasteiger partial charge in [0.2, 0.25) is 10.0 Å². The van der Waals surface area contributed by atoms with E-state index in [1.165, 1.54) is 4.31 Å². The van der Waals surface area contributed by atoms with Crippen LogP contribution < -0.4 is 5.32 Å². The number of sulfonamides is 1. The van der Waals surface area contributed by atoms with Crippen molar-refractivity contribution in [2.45, 2.75) is 31.7 Å². The van der Waals surface area contributed by atoms with Crippen LogP contribution in [0.15, 0.2) is 39.7 Å². The maximum Gasteiger partial charge on any atom is 0.244 e. The second kappa shape index (κ2) is 8.08. The van der Waals surface area contributed by atoms with Gasteiger partial charge < -0.3 is 5.32 Å². The number of hydrogen-bond donors (Lipinski definition) is 1. The fraction of sp³-hybridized carbons (Fsp3) is 0.467. The Labute approximate surface area is 136 Å². The second-order valence-corrected chi connectivity index (χ2v) is 8.03. The van der Waals surface area contributed by atoms with Gasteiger partial charge in [-0.2, -0.15) is 4.31 Å². The molecule has 0 radical (unpaired) electrons. The van der Waals surface area contributed by atoms with Crippen molar-refractivity contribution in [1.29, 1.82) is 0 Å². The van der Waals surface area contributed by atoms with Crippen molar-refractivity contribution in [3.8, 4) is 0 Å². The van der Waals surface area contributed by atoms with Crippen molar-refractivity contribution in [2.75, 3.05) is 20.1 Å². The van der Waals surface area contributed by atoms with E-state index in [1.807, 2.05) is 13.0 Å². The standard InChI is InChI=1S/C15H23BrN2O2S/c1-5-8-17-10-13-6-7-14(16)15(9-13)21(19,20)18(4)11-12(2)3/h6-7,9,17H,2,5,8,10-11H2,1,3-4H3. The molecule has 0 aliphatic heterocycles. The lowest BCUT2D eigenvalue weighted by Gasteiger charge is -2.18. The summed E-state index contributed by atoms with van der Waals surface area (Å²) in [5.41, 5.74) is 1.76. The van der Waals surface area contributed by atoms with E-state index in [4.69, 9.17) is 0 Å². The molecule has 1 N–H and O–H groups in total. The van der Waals surface area contributed by atoms with Gasteiger partial charge in [0.15, 0.2) is 0 Å². The zero-order valence-electron chi connectivity index (χ0n) is 12.8. The third-order valence-corrected chi connectivity index (χ3v) is 5.73. The lowest BCUT2D eigenvalue weighted by molar-refractivity contribution is 0.492. The molecule has 0 saturated carbocycles. The Bertz CT molecular complexity index is 600. The van der Waals surface area contributed by atoms with E-state index in [9.17, 15) is 8.42 Å². The summed E-state index contributed by atoms with van der Waals surface area (Å²) in [6.45, 7) is 9.55. The van der Waals surface area contributed by atoms with Gasteiger partial charge in [-0.1, -0.05) is 25.1 Å². The Morgan fingerprint density at radius 2 is 2.10 bits per heavy atom. The molecule has 118 valence electrons. The van der Waals surface area contributed by atoms with Crippen molar-refractivity contribution in [3.63, 3.8) is 0 Å². The molecule has 21 heavy (non-hydrogen) atoms. The van der Waals surface area contributed by atoms with Crippen LogP contribution in [-0.2, 0) is 16.6 Å². The molecule has 1 aromatic rings. The first-order valence-electron chi connectivity index (χ1n) is 6.89. The second-order valence-electron chi connectivity index (χ2n) is 5.16. The van der Waals surface area contributed by atoms with E-state index in [2.05, 4.69) is 34.7 Å². The van der Waals surface area contributed by atoms with Crippen LogP contribution in [0, 0.1) is 0 Å².